The molecule has 166 valence electrons. The predicted octanol–water partition coefficient (Wildman–Crippen LogP) is 4.16. The average Bonchev–Trinajstić information content (AvgIpc) is 3.15. The summed E-state index contributed by atoms with van der Waals surface area (Å²) in [6.07, 6.45) is 3.14. The van der Waals surface area contributed by atoms with Crippen LogP contribution in [-0.4, -0.2) is 33.9 Å². The second-order valence-electron chi connectivity index (χ2n) is 7.17. The Morgan fingerprint density at radius 1 is 1.15 bits per heavy atom. The van der Waals surface area contributed by atoms with Gasteiger partial charge in [0.15, 0.2) is 0 Å². The molecule has 0 radical (unpaired) electrons. The van der Waals surface area contributed by atoms with Crippen molar-refractivity contribution in [3.05, 3.63) is 78.1 Å². The SMILES string of the molecule is Cc1c(NC(=O)NCCO)cn2ncc(C#N)c(Nc3ccc(Oc4ccccc4)cc3)c12. The number of aryl methyl sites for hydroxylation is 1. The first-order chi connectivity index (χ1) is 16.1. The maximum Gasteiger partial charge on any atom is 0.319 e. The summed E-state index contributed by atoms with van der Waals surface area (Å²) in [7, 11) is 0. The van der Waals surface area contributed by atoms with Gasteiger partial charge < -0.3 is 25.8 Å². The lowest BCUT2D eigenvalue weighted by Crippen LogP contribution is -2.31. The number of aliphatic hydroxyl groups is 1. The first kappa shape index (κ1) is 21.7. The highest BCUT2D eigenvalue weighted by molar-refractivity contribution is 5.94. The molecule has 0 fully saturated rings. The largest absolute Gasteiger partial charge is 0.457 e. The summed E-state index contributed by atoms with van der Waals surface area (Å²) in [5.41, 5.74) is 3.65. The maximum atomic E-state index is 12.0. The number of aromatic nitrogens is 2. The minimum absolute atomic E-state index is 0.145. The number of urea groups is 1. The number of anilines is 3. The molecule has 0 saturated carbocycles. The molecule has 2 aromatic carbocycles. The highest BCUT2D eigenvalue weighted by Crippen LogP contribution is 2.33. The molecule has 0 saturated heterocycles. The molecule has 2 heterocycles. The minimum atomic E-state index is -0.438. The third-order valence-electron chi connectivity index (χ3n) is 4.93. The Labute approximate surface area is 190 Å². The fourth-order valence-corrected chi connectivity index (χ4v) is 3.34. The Balaban J connectivity index is 1.61. The first-order valence-corrected chi connectivity index (χ1v) is 10.3. The number of aliphatic hydroxyl groups excluding tert-OH is 1. The first-order valence-electron chi connectivity index (χ1n) is 10.3. The monoisotopic (exact) mass is 442 g/mol. The number of fused-ring (bicyclic) bond motifs is 1. The lowest BCUT2D eigenvalue weighted by atomic mass is 10.1. The van der Waals surface area contributed by atoms with E-state index in [9.17, 15) is 10.1 Å². The number of nitrogens with zero attached hydrogens (tertiary/aromatic N) is 3. The van der Waals surface area contributed by atoms with E-state index >= 15 is 0 Å². The summed E-state index contributed by atoms with van der Waals surface area (Å²) in [6, 6.07) is 18.6. The molecule has 9 nitrogen and oxygen atoms in total. The fraction of sp³-hybridized carbons (Fsp3) is 0.125. The van der Waals surface area contributed by atoms with Crippen molar-refractivity contribution in [3.8, 4) is 17.6 Å². The van der Waals surface area contributed by atoms with Crippen molar-refractivity contribution in [1.82, 2.24) is 14.9 Å². The van der Waals surface area contributed by atoms with Crippen molar-refractivity contribution in [2.75, 3.05) is 23.8 Å². The Morgan fingerprint density at radius 3 is 2.58 bits per heavy atom. The van der Waals surface area contributed by atoms with Gasteiger partial charge in [0.25, 0.3) is 0 Å². The molecule has 9 heteroatoms. The normalized spacial score (nSPS) is 10.5. The second kappa shape index (κ2) is 9.72. The van der Waals surface area contributed by atoms with Crippen molar-refractivity contribution >= 4 is 28.6 Å². The molecule has 0 aliphatic rings. The number of benzene rings is 2. The summed E-state index contributed by atoms with van der Waals surface area (Å²) in [4.78, 5) is 12.0. The van der Waals surface area contributed by atoms with Crippen LogP contribution in [0.4, 0.5) is 21.9 Å². The van der Waals surface area contributed by atoms with Crippen LogP contribution in [0, 0.1) is 18.3 Å². The molecule has 0 unspecified atom stereocenters. The van der Waals surface area contributed by atoms with E-state index in [2.05, 4.69) is 27.1 Å². The van der Waals surface area contributed by atoms with Crippen LogP contribution in [0.25, 0.3) is 5.52 Å². The third kappa shape index (κ3) is 4.87. The number of amides is 2. The number of nitriles is 1. The maximum absolute atomic E-state index is 12.0. The lowest BCUT2D eigenvalue weighted by Gasteiger charge is -2.12. The molecule has 4 rings (SSSR count). The van der Waals surface area contributed by atoms with Crippen molar-refractivity contribution in [2.45, 2.75) is 6.92 Å². The molecule has 2 amide bonds. The van der Waals surface area contributed by atoms with Gasteiger partial charge in [-0.05, 0) is 43.3 Å². The van der Waals surface area contributed by atoms with E-state index in [0.29, 0.717) is 28.2 Å². The van der Waals surface area contributed by atoms with Crippen molar-refractivity contribution in [2.24, 2.45) is 0 Å². The Bertz CT molecular complexity index is 1310. The summed E-state index contributed by atoms with van der Waals surface area (Å²) >= 11 is 0. The predicted molar refractivity (Wildman–Crippen MR) is 125 cm³/mol. The van der Waals surface area contributed by atoms with Crippen LogP contribution in [0.5, 0.6) is 11.5 Å². The van der Waals surface area contributed by atoms with Crippen molar-refractivity contribution in [3.63, 3.8) is 0 Å². The quantitative estimate of drug-likeness (QED) is 0.341. The molecular weight excluding hydrogens is 420 g/mol. The van der Waals surface area contributed by atoms with E-state index in [0.717, 1.165) is 17.0 Å². The number of carbonyl (C=O) groups excluding carboxylic acids is 1. The van der Waals surface area contributed by atoms with Crippen LogP contribution in [0.2, 0.25) is 0 Å². The molecule has 2 aromatic heterocycles. The molecule has 4 N–H and O–H groups in total. The number of hydrogen-bond acceptors (Lipinski definition) is 6. The number of rotatable bonds is 7. The van der Waals surface area contributed by atoms with Gasteiger partial charge in [0.1, 0.15) is 17.6 Å². The van der Waals surface area contributed by atoms with E-state index in [1.54, 1.807) is 10.7 Å². The fourth-order valence-electron chi connectivity index (χ4n) is 3.34. The van der Waals surface area contributed by atoms with Gasteiger partial charge >= 0.3 is 6.03 Å². The van der Waals surface area contributed by atoms with Crippen LogP contribution in [0.1, 0.15) is 11.1 Å². The Hall–Kier alpha value is -4.55. The number of para-hydroxylation sites is 1. The lowest BCUT2D eigenvalue weighted by molar-refractivity contribution is 0.245. The van der Waals surface area contributed by atoms with Gasteiger partial charge in [0, 0.05) is 17.8 Å². The van der Waals surface area contributed by atoms with E-state index in [4.69, 9.17) is 9.84 Å². The zero-order valence-corrected chi connectivity index (χ0v) is 17.9. The third-order valence-corrected chi connectivity index (χ3v) is 4.93. The van der Waals surface area contributed by atoms with Crippen LogP contribution in [-0.2, 0) is 0 Å². The van der Waals surface area contributed by atoms with Gasteiger partial charge in [-0.15, -0.1) is 0 Å². The van der Waals surface area contributed by atoms with Gasteiger partial charge in [-0.25, -0.2) is 9.31 Å². The van der Waals surface area contributed by atoms with Gasteiger partial charge in [0.05, 0.1) is 41.5 Å². The number of carbonyl (C=O) groups is 1. The van der Waals surface area contributed by atoms with Gasteiger partial charge in [-0.1, -0.05) is 18.2 Å². The Morgan fingerprint density at radius 2 is 1.88 bits per heavy atom. The highest BCUT2D eigenvalue weighted by Gasteiger charge is 2.17. The van der Waals surface area contributed by atoms with E-state index in [1.165, 1.54) is 6.20 Å². The second-order valence-corrected chi connectivity index (χ2v) is 7.17. The average molecular weight is 442 g/mol. The minimum Gasteiger partial charge on any atom is -0.457 e. The summed E-state index contributed by atoms with van der Waals surface area (Å²) in [5.74, 6) is 1.43. The van der Waals surface area contributed by atoms with Crippen LogP contribution in [0.3, 0.4) is 0 Å². The van der Waals surface area contributed by atoms with Gasteiger partial charge in [-0.3, -0.25) is 0 Å². The van der Waals surface area contributed by atoms with Crippen LogP contribution in [0.15, 0.2) is 67.0 Å². The topological polar surface area (TPSA) is 124 Å². The summed E-state index contributed by atoms with van der Waals surface area (Å²) in [6.45, 7) is 1.83. The van der Waals surface area contributed by atoms with Crippen LogP contribution >= 0.6 is 0 Å². The number of hydrogen-bond donors (Lipinski definition) is 4. The zero-order chi connectivity index (χ0) is 23.2. The number of ether oxygens (including phenoxy) is 1. The van der Waals surface area contributed by atoms with Crippen molar-refractivity contribution < 1.29 is 14.6 Å². The van der Waals surface area contributed by atoms with Crippen LogP contribution < -0.4 is 20.7 Å². The standard InChI is InChI=1S/C24H22N6O3/c1-16-21(29-24(32)26-11-12-31)15-30-23(16)22(17(13-25)14-27-30)28-18-7-9-20(10-8-18)33-19-5-3-2-4-6-19/h2-10,14-15,28,31H,11-12H2,1H3,(H2,26,29,32). The van der Waals surface area contributed by atoms with Crippen molar-refractivity contribution in [1.29, 1.82) is 5.26 Å². The molecule has 0 aliphatic heterocycles. The number of nitrogens with one attached hydrogen (secondary N) is 3. The molecule has 0 bridgehead atoms. The zero-order valence-electron chi connectivity index (χ0n) is 17.9. The molecule has 0 aliphatic carbocycles. The van der Waals surface area contributed by atoms with E-state index < -0.39 is 6.03 Å². The van der Waals surface area contributed by atoms with E-state index in [1.807, 2.05) is 61.5 Å². The summed E-state index contributed by atoms with van der Waals surface area (Å²) < 4.78 is 7.43. The van der Waals surface area contributed by atoms with Gasteiger partial charge in [-0.2, -0.15) is 10.4 Å². The summed E-state index contributed by atoms with van der Waals surface area (Å²) in [5, 5.41) is 31.4. The Kier molecular flexibility index (Phi) is 6.38. The molecule has 33 heavy (non-hydrogen) atoms. The van der Waals surface area contributed by atoms with Gasteiger partial charge in [0.2, 0.25) is 0 Å². The molecular formula is C24H22N6O3. The smallest absolute Gasteiger partial charge is 0.319 e. The molecule has 0 spiro atoms. The molecule has 4 aromatic rings. The van der Waals surface area contributed by atoms with E-state index in [-0.39, 0.29) is 13.2 Å². The highest BCUT2D eigenvalue weighted by atomic mass is 16.5. The molecule has 0 atom stereocenters.